The smallest absolute Gasteiger partial charge is 0.130 e. The van der Waals surface area contributed by atoms with Gasteiger partial charge in [-0.2, -0.15) is 0 Å². The third-order valence-electron chi connectivity index (χ3n) is 5.48. The van der Waals surface area contributed by atoms with E-state index in [9.17, 15) is 0 Å². The van der Waals surface area contributed by atoms with Crippen LogP contribution in [0.15, 0.2) is 60.7 Å². The Morgan fingerprint density at radius 1 is 0.923 bits per heavy atom. The summed E-state index contributed by atoms with van der Waals surface area (Å²) in [6, 6.07) is 23.2. The Kier molecular flexibility index (Phi) is 4.40. The van der Waals surface area contributed by atoms with Gasteiger partial charge in [0.2, 0.25) is 0 Å². The van der Waals surface area contributed by atoms with Crippen LogP contribution in [-0.2, 0) is 6.42 Å². The summed E-state index contributed by atoms with van der Waals surface area (Å²) >= 11 is 0. The molecular weight excluding hydrogens is 332 g/mol. The molecule has 4 rings (SSSR count). The maximum absolute atomic E-state index is 6.78. The molecule has 1 nitrogen and oxygen atoms in total. The minimum Gasteiger partial charge on any atom is -0.489 e. The molecule has 3 aromatic rings. The molecular formula is C24H28OSi. The number of fused-ring (bicyclic) bond motifs is 3. The number of aryl methyl sites for hydroxylation is 1. The van der Waals surface area contributed by atoms with Crippen molar-refractivity contribution >= 4 is 18.8 Å². The molecule has 0 spiro atoms. The minimum absolute atomic E-state index is 0.266. The predicted octanol–water partition coefficient (Wildman–Crippen LogP) is 6.57. The molecule has 1 heterocycles. The Morgan fingerprint density at radius 3 is 2.27 bits per heavy atom. The summed E-state index contributed by atoms with van der Waals surface area (Å²) in [4.78, 5) is 0. The Bertz CT molecular complexity index is 924. The topological polar surface area (TPSA) is 9.23 Å². The quantitative estimate of drug-likeness (QED) is 0.480. The van der Waals surface area contributed by atoms with Gasteiger partial charge in [0.1, 0.15) is 11.9 Å². The van der Waals surface area contributed by atoms with Crippen molar-refractivity contribution in [3.05, 3.63) is 77.4 Å². The van der Waals surface area contributed by atoms with Crippen LogP contribution >= 0.6 is 0 Å². The summed E-state index contributed by atoms with van der Waals surface area (Å²) in [7, 11) is -1.24. The highest BCUT2D eigenvalue weighted by molar-refractivity contribution is 6.76. The van der Waals surface area contributed by atoms with Crippen molar-refractivity contribution in [2.75, 3.05) is 0 Å². The average Bonchev–Trinajstić information content (AvgIpc) is 2.62. The molecule has 0 aromatic heterocycles. The zero-order chi connectivity index (χ0) is 18.3. The lowest BCUT2D eigenvalue weighted by molar-refractivity contribution is 0.168. The summed E-state index contributed by atoms with van der Waals surface area (Å²) in [6.07, 6.45) is 1.34. The fourth-order valence-corrected chi connectivity index (χ4v) is 5.89. The van der Waals surface area contributed by atoms with Gasteiger partial charge < -0.3 is 4.74 Å². The summed E-state index contributed by atoms with van der Waals surface area (Å²) < 4.78 is 6.78. The number of hydrogen-bond donors (Lipinski definition) is 0. The highest BCUT2D eigenvalue weighted by Crippen LogP contribution is 2.43. The molecule has 26 heavy (non-hydrogen) atoms. The van der Waals surface area contributed by atoms with Gasteiger partial charge >= 0.3 is 0 Å². The van der Waals surface area contributed by atoms with Crippen LogP contribution in [0.2, 0.25) is 25.7 Å². The Balaban J connectivity index is 1.83. The molecule has 2 atom stereocenters. The lowest BCUT2D eigenvalue weighted by Crippen LogP contribution is -2.38. The normalized spacial score (nSPS) is 19.8. The van der Waals surface area contributed by atoms with Crippen LogP contribution in [0.4, 0.5) is 0 Å². The monoisotopic (exact) mass is 360 g/mol. The summed E-state index contributed by atoms with van der Waals surface area (Å²) in [5, 5.41) is 2.59. The van der Waals surface area contributed by atoms with E-state index >= 15 is 0 Å². The van der Waals surface area contributed by atoms with Crippen LogP contribution in [0.5, 0.6) is 5.75 Å². The first-order chi connectivity index (χ1) is 12.4. The predicted molar refractivity (Wildman–Crippen MR) is 114 cm³/mol. The van der Waals surface area contributed by atoms with Gasteiger partial charge in [0.25, 0.3) is 0 Å². The second-order valence-electron chi connectivity index (χ2n) is 8.87. The standard InChI is InChI=1S/C24H28OSi/c1-17-14-19-15-22(18-10-6-5-7-11-18)23(16-26(2,3)4)25-24(19)21-13-9-8-12-20(17)21/h5-14,22-23H,15-16H2,1-4H3/t22-,23-/m0/s1. The third-order valence-corrected chi connectivity index (χ3v) is 7.11. The van der Waals surface area contributed by atoms with Crippen LogP contribution in [0, 0.1) is 6.92 Å². The second kappa shape index (κ2) is 6.59. The van der Waals surface area contributed by atoms with Crippen molar-refractivity contribution in [3.63, 3.8) is 0 Å². The SMILES string of the molecule is Cc1cc2c(c3ccccc13)O[C@@H](C[Si](C)(C)C)[C@H](c1ccccc1)C2. The van der Waals surface area contributed by atoms with Crippen molar-refractivity contribution < 1.29 is 4.74 Å². The molecule has 0 saturated heterocycles. The third kappa shape index (κ3) is 3.31. The molecule has 3 aromatic carbocycles. The van der Waals surface area contributed by atoms with E-state index in [4.69, 9.17) is 4.74 Å². The van der Waals surface area contributed by atoms with Gasteiger partial charge in [-0.1, -0.05) is 80.3 Å². The second-order valence-corrected chi connectivity index (χ2v) is 14.4. The molecule has 1 aliphatic heterocycles. The molecule has 0 radical (unpaired) electrons. The van der Waals surface area contributed by atoms with Gasteiger partial charge in [-0.05, 0) is 41.5 Å². The highest BCUT2D eigenvalue weighted by Gasteiger charge is 2.35. The zero-order valence-corrected chi connectivity index (χ0v) is 17.3. The van der Waals surface area contributed by atoms with Crippen LogP contribution < -0.4 is 4.74 Å². The van der Waals surface area contributed by atoms with E-state index < -0.39 is 8.07 Å². The highest BCUT2D eigenvalue weighted by atomic mass is 28.3. The van der Waals surface area contributed by atoms with E-state index in [2.05, 4.69) is 87.2 Å². The van der Waals surface area contributed by atoms with Crippen LogP contribution in [-0.4, -0.2) is 14.2 Å². The Labute approximate surface area is 158 Å². The molecule has 0 amide bonds. The molecule has 0 N–H and O–H groups in total. The van der Waals surface area contributed by atoms with Crippen molar-refractivity contribution in [3.8, 4) is 5.75 Å². The molecule has 2 heteroatoms. The van der Waals surface area contributed by atoms with Crippen molar-refractivity contribution in [2.45, 2.75) is 51.1 Å². The van der Waals surface area contributed by atoms with Gasteiger partial charge in [0, 0.05) is 19.4 Å². The maximum Gasteiger partial charge on any atom is 0.130 e. The van der Waals surface area contributed by atoms with E-state index in [0.29, 0.717) is 5.92 Å². The van der Waals surface area contributed by atoms with Crippen LogP contribution in [0.25, 0.3) is 10.8 Å². The zero-order valence-electron chi connectivity index (χ0n) is 16.3. The first-order valence-electron chi connectivity index (χ1n) is 9.65. The largest absolute Gasteiger partial charge is 0.489 e. The van der Waals surface area contributed by atoms with Crippen molar-refractivity contribution in [2.24, 2.45) is 0 Å². The summed E-state index contributed by atoms with van der Waals surface area (Å²) in [5.41, 5.74) is 4.12. The first-order valence-corrected chi connectivity index (χ1v) is 13.4. The number of hydrogen-bond acceptors (Lipinski definition) is 1. The molecule has 0 saturated carbocycles. The van der Waals surface area contributed by atoms with Crippen LogP contribution in [0.3, 0.4) is 0 Å². The Morgan fingerprint density at radius 2 is 1.58 bits per heavy atom. The molecule has 0 aliphatic carbocycles. The fourth-order valence-electron chi connectivity index (χ4n) is 4.32. The van der Waals surface area contributed by atoms with Crippen molar-refractivity contribution in [1.82, 2.24) is 0 Å². The molecule has 0 unspecified atom stereocenters. The van der Waals surface area contributed by atoms with Gasteiger partial charge in [0.05, 0.1) is 0 Å². The maximum atomic E-state index is 6.78. The van der Waals surface area contributed by atoms with Gasteiger partial charge in [-0.15, -0.1) is 0 Å². The van der Waals surface area contributed by atoms with E-state index in [-0.39, 0.29) is 6.10 Å². The van der Waals surface area contributed by atoms with E-state index in [1.54, 1.807) is 0 Å². The summed E-state index contributed by atoms with van der Waals surface area (Å²) in [5.74, 6) is 1.57. The lowest BCUT2D eigenvalue weighted by Gasteiger charge is -2.37. The first kappa shape index (κ1) is 17.4. The molecule has 0 fully saturated rings. The van der Waals surface area contributed by atoms with E-state index in [0.717, 1.165) is 12.2 Å². The summed E-state index contributed by atoms with van der Waals surface area (Å²) in [6.45, 7) is 9.55. The minimum atomic E-state index is -1.24. The van der Waals surface area contributed by atoms with E-state index in [1.165, 1.54) is 33.5 Å². The van der Waals surface area contributed by atoms with Gasteiger partial charge in [-0.25, -0.2) is 0 Å². The van der Waals surface area contributed by atoms with E-state index in [1.807, 2.05) is 0 Å². The number of benzene rings is 3. The van der Waals surface area contributed by atoms with Crippen molar-refractivity contribution in [1.29, 1.82) is 0 Å². The van der Waals surface area contributed by atoms with Gasteiger partial charge in [-0.3, -0.25) is 0 Å². The molecule has 0 bridgehead atoms. The lowest BCUT2D eigenvalue weighted by atomic mass is 9.84. The Hall–Kier alpha value is -2.06. The average molecular weight is 361 g/mol. The molecule has 1 aliphatic rings. The van der Waals surface area contributed by atoms with Crippen LogP contribution in [0.1, 0.15) is 22.6 Å². The molecule has 134 valence electrons. The fraction of sp³-hybridized carbons (Fsp3) is 0.333. The van der Waals surface area contributed by atoms with Gasteiger partial charge in [0.15, 0.2) is 0 Å². The number of rotatable bonds is 3. The number of ether oxygens (including phenoxy) is 1.